The predicted octanol–water partition coefficient (Wildman–Crippen LogP) is 0.495. The molecule has 0 aliphatic heterocycles. The highest BCUT2D eigenvalue weighted by molar-refractivity contribution is 7.89. The van der Waals surface area contributed by atoms with Gasteiger partial charge in [-0.05, 0) is 32.1 Å². The van der Waals surface area contributed by atoms with Crippen LogP contribution in [-0.4, -0.2) is 50.6 Å². The predicted molar refractivity (Wildman–Crippen MR) is 72.9 cm³/mol. The summed E-state index contributed by atoms with van der Waals surface area (Å²) < 4.78 is 25.2. The summed E-state index contributed by atoms with van der Waals surface area (Å²) in [5.41, 5.74) is 0.912. The van der Waals surface area contributed by atoms with E-state index in [2.05, 4.69) is 10.3 Å². The van der Waals surface area contributed by atoms with E-state index in [9.17, 15) is 8.42 Å². The summed E-state index contributed by atoms with van der Waals surface area (Å²) in [5.74, 6) is 0.187. The van der Waals surface area contributed by atoms with Crippen molar-refractivity contribution in [1.29, 1.82) is 0 Å². The molecule has 0 radical (unpaired) electrons. The fraction of sp³-hybridized carbons (Fsp3) is 0.583. The van der Waals surface area contributed by atoms with E-state index in [0.29, 0.717) is 25.9 Å². The van der Waals surface area contributed by atoms with Crippen molar-refractivity contribution in [2.45, 2.75) is 12.8 Å². The van der Waals surface area contributed by atoms with Crippen LogP contribution in [-0.2, 0) is 16.4 Å². The SMILES string of the molecule is CNCCCS(=O)(=O)N(C)CCc1ccccn1. The Balaban J connectivity index is 2.42. The number of hydrogen-bond acceptors (Lipinski definition) is 4. The molecule has 0 atom stereocenters. The highest BCUT2D eigenvalue weighted by atomic mass is 32.2. The monoisotopic (exact) mass is 271 g/mol. The van der Waals surface area contributed by atoms with Crippen molar-refractivity contribution in [3.63, 3.8) is 0 Å². The molecule has 1 rings (SSSR count). The third kappa shape index (κ3) is 5.12. The van der Waals surface area contributed by atoms with Crippen molar-refractivity contribution in [2.75, 3.05) is 32.9 Å². The molecule has 5 nitrogen and oxygen atoms in total. The number of nitrogens with zero attached hydrogens (tertiary/aromatic N) is 2. The summed E-state index contributed by atoms with van der Waals surface area (Å²) in [5, 5.41) is 2.94. The van der Waals surface area contributed by atoms with Crippen LogP contribution in [0, 0.1) is 0 Å². The lowest BCUT2D eigenvalue weighted by Gasteiger charge is -2.16. The number of likely N-dealkylation sites (N-methyl/N-ethyl adjacent to an activating group) is 1. The van der Waals surface area contributed by atoms with Gasteiger partial charge >= 0.3 is 0 Å². The Labute approximate surface area is 109 Å². The molecule has 0 amide bonds. The molecule has 0 saturated heterocycles. The second kappa shape index (κ2) is 7.45. The van der Waals surface area contributed by atoms with Gasteiger partial charge in [0.05, 0.1) is 5.75 Å². The van der Waals surface area contributed by atoms with Gasteiger partial charge in [0.25, 0.3) is 0 Å². The van der Waals surface area contributed by atoms with E-state index in [1.807, 2.05) is 25.2 Å². The molecule has 1 aromatic heterocycles. The van der Waals surface area contributed by atoms with Gasteiger partial charge in [0.2, 0.25) is 10.0 Å². The van der Waals surface area contributed by atoms with E-state index in [-0.39, 0.29) is 5.75 Å². The fourth-order valence-electron chi connectivity index (χ4n) is 1.54. The van der Waals surface area contributed by atoms with Crippen molar-refractivity contribution >= 4 is 10.0 Å². The molecular formula is C12H21N3O2S. The summed E-state index contributed by atoms with van der Waals surface area (Å²) in [6, 6.07) is 5.66. The van der Waals surface area contributed by atoms with Crippen molar-refractivity contribution < 1.29 is 8.42 Å². The smallest absolute Gasteiger partial charge is 0.213 e. The Bertz CT molecular complexity index is 434. The number of pyridine rings is 1. The lowest BCUT2D eigenvalue weighted by Crippen LogP contribution is -2.32. The van der Waals surface area contributed by atoms with E-state index in [0.717, 1.165) is 5.69 Å². The molecule has 102 valence electrons. The molecule has 0 aliphatic rings. The van der Waals surface area contributed by atoms with Crippen LogP contribution in [0.1, 0.15) is 12.1 Å². The number of hydrogen-bond donors (Lipinski definition) is 1. The maximum Gasteiger partial charge on any atom is 0.213 e. The number of sulfonamides is 1. The highest BCUT2D eigenvalue weighted by Crippen LogP contribution is 2.03. The van der Waals surface area contributed by atoms with Crippen molar-refractivity contribution in [1.82, 2.24) is 14.6 Å². The van der Waals surface area contributed by atoms with Gasteiger partial charge < -0.3 is 5.32 Å². The first-order valence-electron chi connectivity index (χ1n) is 6.05. The fourth-order valence-corrected chi connectivity index (χ4v) is 2.73. The van der Waals surface area contributed by atoms with Crippen LogP contribution >= 0.6 is 0 Å². The Morgan fingerprint density at radius 3 is 2.78 bits per heavy atom. The van der Waals surface area contributed by atoms with Gasteiger partial charge in [0.1, 0.15) is 0 Å². The Morgan fingerprint density at radius 1 is 1.39 bits per heavy atom. The number of rotatable bonds is 8. The van der Waals surface area contributed by atoms with Crippen LogP contribution in [0.2, 0.25) is 0 Å². The van der Waals surface area contributed by atoms with E-state index in [1.165, 1.54) is 4.31 Å². The van der Waals surface area contributed by atoms with Crippen LogP contribution in [0.15, 0.2) is 24.4 Å². The molecule has 0 unspecified atom stereocenters. The Morgan fingerprint density at radius 2 is 2.17 bits per heavy atom. The van der Waals surface area contributed by atoms with E-state index >= 15 is 0 Å². The van der Waals surface area contributed by atoms with Crippen LogP contribution in [0.3, 0.4) is 0 Å². The average molecular weight is 271 g/mol. The Kier molecular flexibility index (Phi) is 6.24. The molecule has 18 heavy (non-hydrogen) atoms. The Hall–Kier alpha value is -0.980. The number of nitrogens with one attached hydrogen (secondary N) is 1. The summed E-state index contributed by atoms with van der Waals surface area (Å²) in [6.45, 7) is 1.19. The molecule has 0 aliphatic carbocycles. The van der Waals surface area contributed by atoms with Crippen molar-refractivity contribution in [2.24, 2.45) is 0 Å². The zero-order valence-corrected chi connectivity index (χ0v) is 11.8. The molecular weight excluding hydrogens is 250 g/mol. The topological polar surface area (TPSA) is 62.3 Å². The minimum atomic E-state index is -3.14. The quantitative estimate of drug-likeness (QED) is 0.699. The van der Waals surface area contributed by atoms with E-state index < -0.39 is 10.0 Å². The maximum atomic E-state index is 11.9. The minimum absolute atomic E-state index is 0.187. The molecule has 6 heteroatoms. The molecule has 0 saturated carbocycles. The van der Waals surface area contributed by atoms with Gasteiger partial charge in [-0.25, -0.2) is 12.7 Å². The van der Waals surface area contributed by atoms with Gasteiger partial charge in [0, 0.05) is 31.9 Å². The summed E-state index contributed by atoms with van der Waals surface area (Å²) in [4.78, 5) is 4.18. The lowest BCUT2D eigenvalue weighted by molar-refractivity contribution is 0.469. The first-order valence-corrected chi connectivity index (χ1v) is 7.65. The molecule has 1 aromatic rings. The normalized spacial score (nSPS) is 11.9. The first-order chi connectivity index (χ1) is 8.56. The van der Waals surface area contributed by atoms with Gasteiger partial charge in [-0.2, -0.15) is 0 Å². The highest BCUT2D eigenvalue weighted by Gasteiger charge is 2.16. The van der Waals surface area contributed by atoms with E-state index in [1.54, 1.807) is 13.2 Å². The largest absolute Gasteiger partial charge is 0.320 e. The molecule has 0 aromatic carbocycles. The lowest BCUT2D eigenvalue weighted by atomic mass is 10.3. The molecule has 0 fully saturated rings. The van der Waals surface area contributed by atoms with Crippen LogP contribution < -0.4 is 5.32 Å². The van der Waals surface area contributed by atoms with Gasteiger partial charge in [-0.1, -0.05) is 6.07 Å². The third-order valence-electron chi connectivity index (χ3n) is 2.71. The van der Waals surface area contributed by atoms with Crippen molar-refractivity contribution in [3.05, 3.63) is 30.1 Å². The van der Waals surface area contributed by atoms with Crippen LogP contribution in [0.25, 0.3) is 0 Å². The molecule has 1 N–H and O–H groups in total. The van der Waals surface area contributed by atoms with Gasteiger partial charge in [0.15, 0.2) is 0 Å². The zero-order valence-electron chi connectivity index (χ0n) is 11.0. The van der Waals surface area contributed by atoms with Crippen LogP contribution in [0.4, 0.5) is 0 Å². The molecule has 0 spiro atoms. The minimum Gasteiger partial charge on any atom is -0.320 e. The molecule has 1 heterocycles. The second-order valence-corrected chi connectivity index (χ2v) is 6.36. The summed E-state index contributed by atoms with van der Waals surface area (Å²) in [6.07, 6.45) is 2.99. The standard InChI is InChI=1S/C12H21N3O2S/c1-13-8-5-11-18(16,17)15(2)10-7-12-6-3-4-9-14-12/h3-4,6,9,13H,5,7-8,10-11H2,1-2H3. The first kappa shape index (κ1) is 15.1. The van der Waals surface area contributed by atoms with Gasteiger partial charge in [-0.3, -0.25) is 4.98 Å². The third-order valence-corrected chi connectivity index (χ3v) is 4.65. The zero-order chi connectivity index (χ0) is 13.4. The average Bonchev–Trinajstić information content (AvgIpc) is 2.37. The summed E-state index contributed by atoms with van der Waals surface area (Å²) >= 11 is 0. The van der Waals surface area contributed by atoms with Crippen LogP contribution in [0.5, 0.6) is 0 Å². The van der Waals surface area contributed by atoms with Crippen molar-refractivity contribution in [3.8, 4) is 0 Å². The summed E-state index contributed by atoms with van der Waals surface area (Å²) in [7, 11) is 0.302. The van der Waals surface area contributed by atoms with E-state index in [4.69, 9.17) is 0 Å². The maximum absolute atomic E-state index is 11.9. The number of aromatic nitrogens is 1. The van der Waals surface area contributed by atoms with Gasteiger partial charge in [-0.15, -0.1) is 0 Å². The molecule has 0 bridgehead atoms. The second-order valence-electron chi connectivity index (χ2n) is 4.17.